The van der Waals surface area contributed by atoms with Crippen molar-refractivity contribution in [2.75, 3.05) is 0 Å². The number of amides is 2. The Balaban J connectivity index is 2.66. The molecule has 20 heavy (non-hydrogen) atoms. The van der Waals surface area contributed by atoms with Gasteiger partial charge in [0.2, 0.25) is 0 Å². The van der Waals surface area contributed by atoms with E-state index in [9.17, 15) is 9.59 Å². The van der Waals surface area contributed by atoms with Crippen LogP contribution in [0.15, 0.2) is 28.7 Å². The molecule has 0 saturated carbocycles. The Morgan fingerprint density at radius 1 is 1.35 bits per heavy atom. The van der Waals surface area contributed by atoms with E-state index in [2.05, 4.69) is 26.6 Å². The van der Waals surface area contributed by atoms with Gasteiger partial charge in [0.1, 0.15) is 5.54 Å². The lowest BCUT2D eigenvalue weighted by Gasteiger charge is -2.26. The minimum Gasteiger partial charge on any atom is -0.480 e. The lowest BCUT2D eigenvalue weighted by Crippen LogP contribution is -2.55. The number of aliphatic carboxylic acids is 1. The lowest BCUT2D eigenvalue weighted by atomic mass is 10.00. The lowest BCUT2D eigenvalue weighted by molar-refractivity contribution is -0.143. The zero-order chi connectivity index (χ0) is 15.3. The Labute approximate surface area is 126 Å². The molecule has 5 nitrogen and oxygen atoms in total. The molecule has 1 aromatic rings. The van der Waals surface area contributed by atoms with Crippen molar-refractivity contribution >= 4 is 27.9 Å². The van der Waals surface area contributed by atoms with E-state index in [1.54, 1.807) is 6.92 Å². The van der Waals surface area contributed by atoms with Crippen molar-refractivity contribution in [2.45, 2.75) is 38.8 Å². The third kappa shape index (κ3) is 4.23. The van der Waals surface area contributed by atoms with Crippen molar-refractivity contribution in [3.63, 3.8) is 0 Å². The number of carboxylic acid groups (broad SMARTS) is 1. The van der Waals surface area contributed by atoms with Gasteiger partial charge in [-0.1, -0.05) is 35.0 Å². The topological polar surface area (TPSA) is 78.4 Å². The molecule has 0 aliphatic carbocycles. The van der Waals surface area contributed by atoms with Gasteiger partial charge in [0.25, 0.3) is 0 Å². The van der Waals surface area contributed by atoms with Gasteiger partial charge in [0, 0.05) is 4.47 Å². The standard InChI is InChI=1S/C14H19BrN2O3/c1-4-14(3,12(18)19)17-13(20)16-9(2)10-5-7-11(15)8-6-10/h5-9H,4H2,1-3H3,(H,18,19)(H2,16,17,20). The predicted octanol–water partition coefficient (Wildman–Crippen LogP) is 3.06. The molecule has 2 unspecified atom stereocenters. The van der Waals surface area contributed by atoms with Gasteiger partial charge in [-0.05, 0) is 38.0 Å². The maximum Gasteiger partial charge on any atom is 0.329 e. The third-order valence-corrected chi connectivity index (χ3v) is 3.81. The van der Waals surface area contributed by atoms with Crippen molar-refractivity contribution in [1.82, 2.24) is 10.6 Å². The quantitative estimate of drug-likeness (QED) is 0.769. The summed E-state index contributed by atoms with van der Waals surface area (Å²) >= 11 is 3.35. The van der Waals surface area contributed by atoms with Crippen molar-refractivity contribution < 1.29 is 14.7 Å². The third-order valence-electron chi connectivity index (χ3n) is 3.29. The molecule has 0 bridgehead atoms. The highest BCUT2D eigenvalue weighted by molar-refractivity contribution is 9.10. The van der Waals surface area contributed by atoms with E-state index in [1.165, 1.54) is 6.92 Å². The average molecular weight is 343 g/mol. The van der Waals surface area contributed by atoms with Crippen molar-refractivity contribution in [3.05, 3.63) is 34.3 Å². The van der Waals surface area contributed by atoms with Crippen molar-refractivity contribution in [1.29, 1.82) is 0 Å². The fourth-order valence-corrected chi connectivity index (χ4v) is 1.88. The largest absolute Gasteiger partial charge is 0.480 e. The molecule has 2 amide bonds. The van der Waals surface area contributed by atoms with Gasteiger partial charge in [0.05, 0.1) is 6.04 Å². The summed E-state index contributed by atoms with van der Waals surface area (Å²) in [5, 5.41) is 14.3. The number of nitrogens with one attached hydrogen (secondary N) is 2. The number of hydrogen-bond donors (Lipinski definition) is 3. The maximum absolute atomic E-state index is 11.9. The van der Waals surface area contributed by atoms with E-state index >= 15 is 0 Å². The highest BCUT2D eigenvalue weighted by atomic mass is 79.9. The van der Waals surface area contributed by atoms with Crippen molar-refractivity contribution in [2.24, 2.45) is 0 Å². The minimum absolute atomic E-state index is 0.210. The Bertz CT molecular complexity index is 490. The Morgan fingerprint density at radius 3 is 2.35 bits per heavy atom. The monoisotopic (exact) mass is 342 g/mol. The molecule has 3 N–H and O–H groups in total. The number of carbonyl (C=O) groups is 2. The molecule has 0 radical (unpaired) electrons. The molecule has 1 rings (SSSR count). The average Bonchev–Trinajstić information content (AvgIpc) is 2.38. The molecule has 0 heterocycles. The van der Waals surface area contributed by atoms with Crippen LogP contribution in [0.5, 0.6) is 0 Å². The molecule has 0 fully saturated rings. The van der Waals surface area contributed by atoms with Crippen LogP contribution in [0.2, 0.25) is 0 Å². The predicted molar refractivity (Wildman–Crippen MR) is 80.6 cm³/mol. The van der Waals surface area contributed by atoms with Crippen LogP contribution in [0.3, 0.4) is 0 Å². The molecule has 0 aliphatic rings. The van der Waals surface area contributed by atoms with Crippen LogP contribution in [-0.4, -0.2) is 22.6 Å². The fraction of sp³-hybridized carbons (Fsp3) is 0.429. The van der Waals surface area contributed by atoms with E-state index in [0.717, 1.165) is 10.0 Å². The second-order valence-corrected chi connectivity index (χ2v) is 5.78. The summed E-state index contributed by atoms with van der Waals surface area (Å²) in [6.07, 6.45) is 0.308. The van der Waals surface area contributed by atoms with Crippen molar-refractivity contribution in [3.8, 4) is 0 Å². The van der Waals surface area contributed by atoms with Gasteiger partial charge in [-0.2, -0.15) is 0 Å². The molecule has 0 saturated heterocycles. The first kappa shape index (κ1) is 16.5. The summed E-state index contributed by atoms with van der Waals surface area (Å²) in [7, 11) is 0. The Hall–Kier alpha value is -1.56. The second-order valence-electron chi connectivity index (χ2n) is 4.86. The summed E-state index contributed by atoms with van der Waals surface area (Å²) in [6.45, 7) is 5.04. The molecule has 0 aromatic heterocycles. The number of hydrogen-bond acceptors (Lipinski definition) is 2. The zero-order valence-corrected chi connectivity index (χ0v) is 13.3. The van der Waals surface area contributed by atoms with E-state index in [-0.39, 0.29) is 6.04 Å². The van der Waals surface area contributed by atoms with Gasteiger partial charge in [-0.25, -0.2) is 9.59 Å². The number of halogens is 1. The summed E-state index contributed by atoms with van der Waals surface area (Å²) in [6, 6.07) is 6.86. The second kappa shape index (κ2) is 6.74. The normalized spacial score (nSPS) is 15.0. The number of benzene rings is 1. The van der Waals surface area contributed by atoms with Crippen LogP contribution >= 0.6 is 15.9 Å². The summed E-state index contributed by atoms with van der Waals surface area (Å²) in [5.41, 5.74) is -0.319. The van der Waals surface area contributed by atoms with E-state index in [4.69, 9.17) is 5.11 Å². The maximum atomic E-state index is 11.9. The molecule has 6 heteroatoms. The number of rotatable bonds is 5. The van der Waals surface area contributed by atoms with Crippen LogP contribution in [0.25, 0.3) is 0 Å². The molecular weight excluding hydrogens is 324 g/mol. The highest BCUT2D eigenvalue weighted by Crippen LogP contribution is 2.16. The number of carboxylic acids is 1. The van der Waals surface area contributed by atoms with Gasteiger partial charge in [-0.3, -0.25) is 0 Å². The number of carbonyl (C=O) groups excluding carboxylic acids is 1. The fourth-order valence-electron chi connectivity index (χ4n) is 1.61. The van der Waals surface area contributed by atoms with Crippen LogP contribution in [0.4, 0.5) is 4.79 Å². The van der Waals surface area contributed by atoms with Gasteiger partial charge >= 0.3 is 12.0 Å². The first-order chi connectivity index (χ1) is 9.28. The summed E-state index contributed by atoms with van der Waals surface area (Å²) in [5.74, 6) is -1.05. The smallest absolute Gasteiger partial charge is 0.329 e. The van der Waals surface area contributed by atoms with Crippen LogP contribution in [0.1, 0.15) is 38.8 Å². The van der Waals surface area contributed by atoms with Gasteiger partial charge < -0.3 is 15.7 Å². The Morgan fingerprint density at radius 2 is 1.90 bits per heavy atom. The van der Waals surface area contributed by atoms with E-state index < -0.39 is 17.5 Å². The molecule has 0 spiro atoms. The Kier molecular flexibility index (Phi) is 5.56. The molecule has 2 atom stereocenters. The zero-order valence-electron chi connectivity index (χ0n) is 11.7. The molecule has 110 valence electrons. The van der Waals surface area contributed by atoms with Crippen LogP contribution < -0.4 is 10.6 Å². The van der Waals surface area contributed by atoms with Gasteiger partial charge in [-0.15, -0.1) is 0 Å². The van der Waals surface area contributed by atoms with E-state index in [1.807, 2.05) is 31.2 Å². The summed E-state index contributed by atoms with van der Waals surface area (Å²) in [4.78, 5) is 23.0. The van der Waals surface area contributed by atoms with E-state index in [0.29, 0.717) is 6.42 Å². The first-order valence-electron chi connectivity index (χ1n) is 6.36. The molecular formula is C14H19BrN2O3. The molecule has 1 aromatic carbocycles. The summed E-state index contributed by atoms with van der Waals surface area (Å²) < 4.78 is 0.960. The molecule has 0 aliphatic heterocycles. The van der Waals surface area contributed by atoms with Crippen LogP contribution in [0, 0.1) is 0 Å². The van der Waals surface area contributed by atoms with Gasteiger partial charge in [0.15, 0.2) is 0 Å². The highest BCUT2D eigenvalue weighted by Gasteiger charge is 2.33. The first-order valence-corrected chi connectivity index (χ1v) is 7.15. The minimum atomic E-state index is -1.26. The SMILES string of the molecule is CCC(C)(NC(=O)NC(C)c1ccc(Br)cc1)C(=O)O. The van der Waals surface area contributed by atoms with Crippen LogP contribution in [-0.2, 0) is 4.79 Å². The number of urea groups is 1.